The van der Waals surface area contributed by atoms with Crippen molar-refractivity contribution >= 4 is 28.4 Å². The third-order valence-electron chi connectivity index (χ3n) is 5.26. The summed E-state index contributed by atoms with van der Waals surface area (Å²) in [6.07, 6.45) is 3.05. The van der Waals surface area contributed by atoms with Crippen LogP contribution in [0.2, 0.25) is 5.02 Å². The molecule has 2 aromatic carbocycles. The second-order valence-corrected chi connectivity index (χ2v) is 7.69. The molecule has 8 heteroatoms. The van der Waals surface area contributed by atoms with Crippen LogP contribution < -0.4 is 4.90 Å². The molecule has 1 aliphatic rings. The third kappa shape index (κ3) is 3.83. The number of nitrogens with zero attached hydrogens (tertiary/aromatic N) is 6. The van der Waals surface area contributed by atoms with Gasteiger partial charge in [-0.3, -0.25) is 4.90 Å². The first-order valence-electron chi connectivity index (χ1n) is 9.75. The molecule has 0 spiro atoms. The molecule has 1 saturated heterocycles. The Morgan fingerprint density at radius 1 is 0.966 bits per heavy atom. The Labute approximate surface area is 173 Å². The number of halogens is 1. The number of hydrogen-bond donors (Lipinski definition) is 0. The van der Waals surface area contributed by atoms with Gasteiger partial charge in [0.2, 0.25) is 0 Å². The number of anilines is 1. The van der Waals surface area contributed by atoms with E-state index in [-0.39, 0.29) is 0 Å². The molecule has 0 N–H and O–H groups in total. The summed E-state index contributed by atoms with van der Waals surface area (Å²) in [5.41, 5.74) is 2.75. The molecule has 148 valence electrons. The highest BCUT2D eigenvalue weighted by Crippen LogP contribution is 2.26. The first kappa shape index (κ1) is 18.1. The van der Waals surface area contributed by atoms with Gasteiger partial charge in [0.15, 0.2) is 11.4 Å². The van der Waals surface area contributed by atoms with E-state index in [1.807, 2.05) is 48.7 Å². The lowest BCUT2D eigenvalue weighted by Crippen LogP contribution is -2.30. The number of hydrogen-bond acceptors (Lipinski definition) is 6. The Morgan fingerprint density at radius 2 is 1.83 bits per heavy atom. The first-order chi connectivity index (χ1) is 14.3. The standard InChI is InChI=1S/C21H21ClN6O/c22-16-6-8-18(9-7-16)28-15-17(23-25-28)14-26-10-3-11-27(13-12-26)21-19-4-1-2-5-20(19)29-24-21/h1-2,4-9,15H,3,10-14H2. The van der Waals surface area contributed by atoms with Crippen LogP contribution in [0.5, 0.6) is 0 Å². The molecule has 1 fully saturated rings. The molecule has 29 heavy (non-hydrogen) atoms. The van der Waals surface area contributed by atoms with Crippen LogP contribution in [0.15, 0.2) is 59.3 Å². The van der Waals surface area contributed by atoms with E-state index in [0.29, 0.717) is 5.02 Å². The van der Waals surface area contributed by atoms with Gasteiger partial charge < -0.3 is 9.42 Å². The quantitative estimate of drug-likeness (QED) is 0.512. The minimum Gasteiger partial charge on any atom is -0.354 e. The summed E-state index contributed by atoms with van der Waals surface area (Å²) in [7, 11) is 0. The molecule has 3 heterocycles. The number of para-hydroxylation sites is 1. The van der Waals surface area contributed by atoms with Crippen LogP contribution in [0.4, 0.5) is 5.82 Å². The number of fused-ring (bicyclic) bond motifs is 1. The van der Waals surface area contributed by atoms with Crippen LogP contribution >= 0.6 is 11.6 Å². The Balaban J connectivity index is 1.25. The van der Waals surface area contributed by atoms with E-state index >= 15 is 0 Å². The van der Waals surface area contributed by atoms with Gasteiger partial charge in [-0.05, 0) is 42.8 Å². The van der Waals surface area contributed by atoms with Crippen LogP contribution in [-0.2, 0) is 6.54 Å². The molecule has 1 aliphatic heterocycles. The van der Waals surface area contributed by atoms with Crippen molar-refractivity contribution in [2.45, 2.75) is 13.0 Å². The zero-order chi connectivity index (χ0) is 19.6. The van der Waals surface area contributed by atoms with E-state index in [4.69, 9.17) is 16.1 Å². The van der Waals surface area contributed by atoms with E-state index in [2.05, 4.69) is 31.3 Å². The second-order valence-electron chi connectivity index (χ2n) is 7.25. The van der Waals surface area contributed by atoms with Gasteiger partial charge in [-0.1, -0.05) is 34.1 Å². The van der Waals surface area contributed by atoms with Crippen molar-refractivity contribution in [2.24, 2.45) is 0 Å². The van der Waals surface area contributed by atoms with Crippen LogP contribution in [-0.4, -0.2) is 51.2 Å². The molecule has 7 nitrogen and oxygen atoms in total. The van der Waals surface area contributed by atoms with Crippen LogP contribution in [0.1, 0.15) is 12.1 Å². The minimum absolute atomic E-state index is 0.711. The van der Waals surface area contributed by atoms with Crippen molar-refractivity contribution in [3.63, 3.8) is 0 Å². The first-order valence-corrected chi connectivity index (χ1v) is 10.1. The van der Waals surface area contributed by atoms with E-state index in [9.17, 15) is 0 Å². The number of aromatic nitrogens is 4. The summed E-state index contributed by atoms with van der Waals surface area (Å²) >= 11 is 5.96. The molecule has 2 aromatic heterocycles. The fourth-order valence-electron chi connectivity index (χ4n) is 3.76. The van der Waals surface area contributed by atoms with Gasteiger partial charge in [-0.15, -0.1) is 5.10 Å². The zero-order valence-electron chi connectivity index (χ0n) is 15.9. The lowest BCUT2D eigenvalue weighted by atomic mass is 10.2. The van der Waals surface area contributed by atoms with Gasteiger partial charge in [-0.25, -0.2) is 4.68 Å². The monoisotopic (exact) mass is 408 g/mol. The molecule has 0 amide bonds. The molecular weight excluding hydrogens is 388 g/mol. The largest absolute Gasteiger partial charge is 0.354 e. The minimum atomic E-state index is 0.711. The molecule has 0 radical (unpaired) electrons. The predicted octanol–water partition coefficient (Wildman–Crippen LogP) is 3.77. The van der Waals surface area contributed by atoms with Gasteiger partial charge in [0, 0.05) is 37.7 Å². The highest BCUT2D eigenvalue weighted by molar-refractivity contribution is 6.30. The van der Waals surface area contributed by atoms with E-state index in [0.717, 1.165) is 67.3 Å². The molecule has 0 unspecified atom stereocenters. The predicted molar refractivity (Wildman–Crippen MR) is 112 cm³/mol. The number of rotatable bonds is 4. The molecule has 4 aromatic rings. The van der Waals surface area contributed by atoms with Crippen molar-refractivity contribution < 1.29 is 4.52 Å². The van der Waals surface area contributed by atoms with Gasteiger partial charge in [0.1, 0.15) is 0 Å². The van der Waals surface area contributed by atoms with Crippen LogP contribution in [0.25, 0.3) is 16.7 Å². The lowest BCUT2D eigenvalue weighted by Gasteiger charge is -2.20. The SMILES string of the molecule is Clc1ccc(-n2cc(CN3CCCN(c4noc5ccccc45)CC3)nn2)cc1. The van der Waals surface area contributed by atoms with Crippen LogP contribution in [0, 0.1) is 0 Å². The summed E-state index contributed by atoms with van der Waals surface area (Å²) in [6.45, 7) is 4.60. The molecule has 0 saturated carbocycles. The van der Waals surface area contributed by atoms with E-state index < -0.39 is 0 Å². The maximum Gasteiger partial charge on any atom is 0.179 e. The fraction of sp³-hybridized carbons (Fsp3) is 0.286. The van der Waals surface area contributed by atoms with Crippen molar-refractivity contribution in [2.75, 3.05) is 31.1 Å². The summed E-state index contributed by atoms with van der Waals surface area (Å²) in [4.78, 5) is 4.73. The van der Waals surface area contributed by atoms with Crippen molar-refractivity contribution in [1.82, 2.24) is 25.1 Å². The Kier molecular flexibility index (Phi) is 4.91. The number of benzene rings is 2. The lowest BCUT2D eigenvalue weighted by molar-refractivity contribution is 0.282. The Hall–Kier alpha value is -2.90. The van der Waals surface area contributed by atoms with E-state index in [1.54, 1.807) is 4.68 Å². The van der Waals surface area contributed by atoms with Crippen molar-refractivity contribution in [1.29, 1.82) is 0 Å². The Bertz CT molecular complexity index is 1110. The molecule has 0 bridgehead atoms. The van der Waals surface area contributed by atoms with Gasteiger partial charge >= 0.3 is 0 Å². The fourth-order valence-corrected chi connectivity index (χ4v) is 3.89. The smallest absolute Gasteiger partial charge is 0.179 e. The summed E-state index contributed by atoms with van der Waals surface area (Å²) in [5, 5.41) is 14.7. The Morgan fingerprint density at radius 3 is 2.72 bits per heavy atom. The van der Waals surface area contributed by atoms with Gasteiger partial charge in [-0.2, -0.15) is 0 Å². The summed E-state index contributed by atoms with van der Waals surface area (Å²) in [6, 6.07) is 15.6. The summed E-state index contributed by atoms with van der Waals surface area (Å²) in [5.74, 6) is 0.941. The van der Waals surface area contributed by atoms with Crippen molar-refractivity contribution in [3.8, 4) is 5.69 Å². The summed E-state index contributed by atoms with van der Waals surface area (Å²) < 4.78 is 7.27. The van der Waals surface area contributed by atoms with Gasteiger partial charge in [0.25, 0.3) is 0 Å². The van der Waals surface area contributed by atoms with Crippen molar-refractivity contribution in [3.05, 3.63) is 65.4 Å². The topological polar surface area (TPSA) is 63.2 Å². The average Bonchev–Trinajstić information content (AvgIpc) is 3.32. The maximum absolute atomic E-state index is 5.96. The molecular formula is C21H21ClN6O. The second kappa shape index (κ2) is 7.85. The maximum atomic E-state index is 5.96. The van der Waals surface area contributed by atoms with Crippen LogP contribution in [0.3, 0.4) is 0 Å². The highest BCUT2D eigenvalue weighted by atomic mass is 35.5. The molecule has 0 aliphatic carbocycles. The highest BCUT2D eigenvalue weighted by Gasteiger charge is 2.20. The zero-order valence-corrected chi connectivity index (χ0v) is 16.7. The molecule has 5 rings (SSSR count). The normalized spacial score (nSPS) is 15.7. The van der Waals surface area contributed by atoms with Gasteiger partial charge in [0.05, 0.1) is 23.0 Å². The third-order valence-corrected chi connectivity index (χ3v) is 5.52. The molecule has 0 atom stereocenters. The average molecular weight is 409 g/mol. The van der Waals surface area contributed by atoms with E-state index in [1.165, 1.54) is 0 Å².